The Morgan fingerprint density at radius 1 is 1.21 bits per heavy atom. The second-order valence-corrected chi connectivity index (χ2v) is 9.64. The van der Waals surface area contributed by atoms with Crippen molar-refractivity contribution in [3.8, 4) is 0 Å². The van der Waals surface area contributed by atoms with Crippen molar-refractivity contribution in [2.45, 2.75) is 42.9 Å². The molecule has 5 rings (SSSR count). The van der Waals surface area contributed by atoms with Gasteiger partial charge in [-0.15, -0.1) is 11.3 Å². The van der Waals surface area contributed by atoms with Crippen LogP contribution in [0.3, 0.4) is 0 Å². The summed E-state index contributed by atoms with van der Waals surface area (Å²) in [7, 11) is 0. The Kier molecular flexibility index (Phi) is 6.32. The molecule has 166 valence electrons. The summed E-state index contributed by atoms with van der Waals surface area (Å²) in [6.07, 6.45) is 10.8. The van der Waals surface area contributed by atoms with Gasteiger partial charge in [0.25, 0.3) is 5.91 Å². The number of fused-ring (bicyclic) bond motifs is 1. The molecule has 4 heterocycles. The molecule has 1 amide bonds. The van der Waals surface area contributed by atoms with Gasteiger partial charge in [0.2, 0.25) is 0 Å². The van der Waals surface area contributed by atoms with Crippen LogP contribution < -0.4 is 5.32 Å². The fraction of sp³-hybridized carbons (Fsp3) is 0.208. The predicted molar refractivity (Wildman–Crippen MR) is 130 cm³/mol. The zero-order chi connectivity index (χ0) is 22.6. The van der Waals surface area contributed by atoms with Crippen molar-refractivity contribution in [2.24, 2.45) is 4.99 Å². The Balaban J connectivity index is 1.38. The number of amides is 1. The highest BCUT2D eigenvalue weighted by Crippen LogP contribution is 2.40. The summed E-state index contributed by atoms with van der Waals surface area (Å²) in [6, 6.07) is 9.20. The molecular weight excluding hydrogens is 454 g/mol. The highest BCUT2D eigenvalue weighted by molar-refractivity contribution is 7.99. The van der Waals surface area contributed by atoms with Crippen molar-refractivity contribution in [1.29, 1.82) is 0 Å². The lowest BCUT2D eigenvalue weighted by Crippen LogP contribution is -2.14. The van der Waals surface area contributed by atoms with E-state index < -0.39 is 0 Å². The van der Waals surface area contributed by atoms with Crippen LogP contribution in [0.2, 0.25) is 0 Å². The number of hydrogen-bond donors (Lipinski definition) is 1. The lowest BCUT2D eigenvalue weighted by molar-refractivity contribution is 0.102. The van der Waals surface area contributed by atoms with Crippen molar-refractivity contribution in [2.75, 3.05) is 5.32 Å². The van der Waals surface area contributed by atoms with Gasteiger partial charge in [-0.3, -0.25) is 9.78 Å². The normalized spacial score (nSPS) is 13.2. The van der Waals surface area contributed by atoms with Crippen LogP contribution in [0.1, 0.15) is 45.1 Å². The number of hydrogen-bond acceptors (Lipinski definition) is 8. The fourth-order valence-corrected chi connectivity index (χ4v) is 5.64. The largest absolute Gasteiger partial charge is 0.448 e. The molecule has 9 heteroatoms. The highest BCUT2D eigenvalue weighted by atomic mass is 32.2. The van der Waals surface area contributed by atoms with Crippen LogP contribution >= 0.6 is 23.1 Å². The second kappa shape index (κ2) is 9.68. The maximum atomic E-state index is 13.2. The van der Waals surface area contributed by atoms with Gasteiger partial charge in [-0.05, 0) is 80.3 Å². The summed E-state index contributed by atoms with van der Waals surface area (Å²) in [5.74, 6) is 0.456. The predicted octanol–water partition coefficient (Wildman–Crippen LogP) is 5.87. The molecule has 0 unspecified atom stereocenters. The van der Waals surface area contributed by atoms with Crippen LogP contribution in [0.25, 0.3) is 0 Å². The van der Waals surface area contributed by atoms with Gasteiger partial charge in [0.05, 0.1) is 23.7 Å². The number of aromatic nitrogens is 3. The first-order valence-corrected chi connectivity index (χ1v) is 12.3. The molecule has 0 aromatic carbocycles. The van der Waals surface area contributed by atoms with Gasteiger partial charge < -0.3 is 9.73 Å². The molecular formula is C24H21N5O2S2. The quantitative estimate of drug-likeness (QED) is 0.277. The van der Waals surface area contributed by atoms with Crippen LogP contribution in [-0.2, 0) is 12.8 Å². The molecule has 1 N–H and O–H groups in total. The van der Waals surface area contributed by atoms with E-state index in [0.717, 1.165) is 36.9 Å². The molecule has 1 aliphatic carbocycles. The van der Waals surface area contributed by atoms with E-state index in [4.69, 9.17) is 4.42 Å². The van der Waals surface area contributed by atoms with Crippen LogP contribution in [0.5, 0.6) is 0 Å². The number of aryl methyl sites for hydroxylation is 2. The van der Waals surface area contributed by atoms with E-state index in [9.17, 15) is 4.79 Å². The topological polar surface area (TPSA) is 93.3 Å². The van der Waals surface area contributed by atoms with E-state index in [1.54, 1.807) is 42.2 Å². The molecule has 33 heavy (non-hydrogen) atoms. The Labute approximate surface area is 199 Å². The minimum absolute atomic E-state index is 0.151. The summed E-state index contributed by atoms with van der Waals surface area (Å²) in [5, 5.41) is 4.98. The molecule has 0 aliphatic heterocycles. The minimum Gasteiger partial charge on any atom is -0.448 e. The van der Waals surface area contributed by atoms with E-state index in [1.807, 2.05) is 31.2 Å². The van der Waals surface area contributed by atoms with Crippen molar-refractivity contribution in [3.63, 3.8) is 0 Å². The summed E-state index contributed by atoms with van der Waals surface area (Å²) < 4.78 is 5.88. The SMILES string of the molecule is Cc1ccnc(Sc2ccc(C=Nc3sc4c(c3C(=O)Nc3cccnc3)CCCC4)o2)n1. The summed E-state index contributed by atoms with van der Waals surface area (Å²) in [6.45, 7) is 1.93. The zero-order valence-electron chi connectivity index (χ0n) is 17.9. The summed E-state index contributed by atoms with van der Waals surface area (Å²) in [4.78, 5) is 31.8. The first kappa shape index (κ1) is 21.5. The van der Waals surface area contributed by atoms with Crippen LogP contribution in [0, 0.1) is 6.92 Å². The molecule has 0 bridgehead atoms. The molecule has 7 nitrogen and oxygen atoms in total. The van der Waals surface area contributed by atoms with Gasteiger partial charge in [-0.2, -0.15) is 0 Å². The number of aliphatic imine (C=N–C) groups is 1. The van der Waals surface area contributed by atoms with Crippen molar-refractivity contribution < 1.29 is 9.21 Å². The molecule has 4 aromatic rings. The van der Waals surface area contributed by atoms with Crippen LogP contribution in [0.4, 0.5) is 10.7 Å². The monoisotopic (exact) mass is 475 g/mol. The lowest BCUT2D eigenvalue weighted by Gasteiger charge is -2.12. The molecule has 0 saturated carbocycles. The Morgan fingerprint density at radius 3 is 2.97 bits per heavy atom. The number of anilines is 1. The number of pyridine rings is 1. The molecule has 4 aromatic heterocycles. The summed E-state index contributed by atoms with van der Waals surface area (Å²) in [5.41, 5.74) is 3.34. The third-order valence-electron chi connectivity index (χ3n) is 5.17. The van der Waals surface area contributed by atoms with Gasteiger partial charge in [0.15, 0.2) is 10.2 Å². The number of nitrogens with zero attached hydrogens (tertiary/aromatic N) is 4. The average molecular weight is 476 g/mol. The van der Waals surface area contributed by atoms with Gasteiger partial charge in [0, 0.05) is 23.0 Å². The number of furan rings is 1. The Bertz CT molecular complexity index is 1310. The maximum absolute atomic E-state index is 13.2. The number of rotatable bonds is 6. The van der Waals surface area contributed by atoms with Crippen LogP contribution in [0.15, 0.2) is 68.6 Å². The third kappa shape index (κ3) is 5.04. The lowest BCUT2D eigenvalue weighted by atomic mass is 9.95. The maximum Gasteiger partial charge on any atom is 0.259 e. The molecule has 0 atom stereocenters. The van der Waals surface area contributed by atoms with Gasteiger partial charge >= 0.3 is 0 Å². The number of thiophene rings is 1. The number of carbonyl (C=O) groups excluding carboxylic acids is 1. The second-order valence-electron chi connectivity index (χ2n) is 7.58. The van der Waals surface area contributed by atoms with E-state index in [1.165, 1.54) is 16.6 Å². The first-order valence-electron chi connectivity index (χ1n) is 10.6. The minimum atomic E-state index is -0.151. The molecule has 0 radical (unpaired) electrons. The van der Waals surface area contributed by atoms with E-state index >= 15 is 0 Å². The number of nitrogens with one attached hydrogen (secondary N) is 1. The molecule has 0 saturated heterocycles. The van der Waals surface area contributed by atoms with E-state index in [0.29, 0.717) is 32.3 Å². The van der Waals surface area contributed by atoms with Crippen LogP contribution in [-0.4, -0.2) is 27.1 Å². The highest BCUT2D eigenvalue weighted by Gasteiger charge is 2.25. The Hall–Kier alpha value is -3.30. The zero-order valence-corrected chi connectivity index (χ0v) is 19.6. The fourth-order valence-electron chi connectivity index (χ4n) is 3.65. The van der Waals surface area contributed by atoms with Crippen molar-refractivity contribution in [3.05, 3.63) is 76.4 Å². The standard InChI is InChI=1S/C24H21N5O2S2/c1-15-10-12-26-24(28-15)33-20-9-8-17(31-20)14-27-23-21(18-6-2-3-7-19(18)32-23)22(30)29-16-5-4-11-25-13-16/h4-5,8-14H,2-3,6-7H2,1H3,(H,29,30). The first-order chi connectivity index (χ1) is 16.2. The van der Waals surface area contributed by atoms with Crippen molar-refractivity contribution >= 4 is 45.9 Å². The van der Waals surface area contributed by atoms with Gasteiger partial charge in [-0.1, -0.05) is 0 Å². The van der Waals surface area contributed by atoms with Gasteiger partial charge in [0.1, 0.15) is 10.8 Å². The Morgan fingerprint density at radius 2 is 2.12 bits per heavy atom. The molecule has 0 spiro atoms. The van der Waals surface area contributed by atoms with Crippen molar-refractivity contribution in [1.82, 2.24) is 15.0 Å². The molecule has 1 aliphatic rings. The number of carbonyl (C=O) groups is 1. The third-order valence-corrected chi connectivity index (χ3v) is 7.17. The van der Waals surface area contributed by atoms with E-state index in [2.05, 4.69) is 25.3 Å². The smallest absolute Gasteiger partial charge is 0.259 e. The molecule has 0 fully saturated rings. The average Bonchev–Trinajstić information content (AvgIpc) is 3.42. The van der Waals surface area contributed by atoms with Gasteiger partial charge in [-0.25, -0.2) is 15.0 Å². The van der Waals surface area contributed by atoms with E-state index in [-0.39, 0.29) is 5.91 Å². The summed E-state index contributed by atoms with van der Waals surface area (Å²) >= 11 is 2.95.